The molecule has 0 atom stereocenters. The molecule has 0 heterocycles. The van der Waals surface area contributed by atoms with Gasteiger partial charge in [0.2, 0.25) is 0 Å². The number of rotatable bonds is 4. The summed E-state index contributed by atoms with van der Waals surface area (Å²) in [6.07, 6.45) is 2.62. The van der Waals surface area contributed by atoms with Crippen molar-refractivity contribution >= 4 is 33.5 Å². The number of carbonyl (C=O) groups is 1. The maximum Gasteiger partial charge on any atom is 0.270 e. The van der Waals surface area contributed by atoms with Gasteiger partial charge in [-0.15, -0.1) is 0 Å². The lowest BCUT2D eigenvalue weighted by Crippen LogP contribution is -1.93. The summed E-state index contributed by atoms with van der Waals surface area (Å²) < 4.78 is 0.861. The number of allylic oxidation sites excluding steroid dienone is 1. The first kappa shape index (κ1) is 14.9. The highest BCUT2D eigenvalue weighted by Crippen LogP contribution is 2.24. The Bertz CT molecular complexity index is 723. The van der Waals surface area contributed by atoms with E-state index in [0.717, 1.165) is 4.47 Å². The monoisotopic (exact) mass is 347 g/mol. The van der Waals surface area contributed by atoms with E-state index in [2.05, 4.69) is 15.9 Å². The number of carbonyl (C=O) groups excluding carboxylic acids is 1. The van der Waals surface area contributed by atoms with Gasteiger partial charge < -0.3 is 5.11 Å². The van der Waals surface area contributed by atoms with Gasteiger partial charge in [0.1, 0.15) is 5.75 Å². The Labute approximate surface area is 128 Å². The zero-order valence-corrected chi connectivity index (χ0v) is 12.3. The van der Waals surface area contributed by atoms with Crippen molar-refractivity contribution in [3.8, 4) is 5.75 Å². The van der Waals surface area contributed by atoms with Crippen molar-refractivity contribution in [3.05, 3.63) is 74.3 Å². The number of nitro groups is 1. The van der Waals surface area contributed by atoms with Gasteiger partial charge in [-0.1, -0.05) is 15.9 Å². The molecule has 2 aromatic rings. The Kier molecular flexibility index (Phi) is 4.49. The zero-order valence-electron chi connectivity index (χ0n) is 10.7. The van der Waals surface area contributed by atoms with E-state index in [1.807, 2.05) is 0 Å². The molecule has 0 saturated heterocycles. The number of phenols is 1. The van der Waals surface area contributed by atoms with Crippen LogP contribution in [-0.2, 0) is 0 Å². The van der Waals surface area contributed by atoms with Crippen LogP contribution >= 0.6 is 15.9 Å². The van der Waals surface area contributed by atoms with E-state index in [9.17, 15) is 20.0 Å². The quantitative estimate of drug-likeness (QED) is 0.393. The molecule has 0 amide bonds. The van der Waals surface area contributed by atoms with Crippen LogP contribution in [0.25, 0.3) is 6.08 Å². The molecule has 0 radical (unpaired) electrons. The first-order chi connectivity index (χ1) is 9.97. The molecule has 0 fully saturated rings. The third-order valence-corrected chi connectivity index (χ3v) is 3.29. The third kappa shape index (κ3) is 3.76. The zero-order chi connectivity index (χ0) is 15.4. The van der Waals surface area contributed by atoms with Crippen LogP contribution in [0.4, 0.5) is 5.69 Å². The minimum atomic E-state index is -0.562. The molecule has 2 aromatic carbocycles. The first-order valence-corrected chi connectivity index (χ1v) is 6.72. The fraction of sp³-hybridized carbons (Fsp3) is 0. The third-order valence-electron chi connectivity index (χ3n) is 2.76. The van der Waals surface area contributed by atoms with Crippen molar-refractivity contribution in [2.75, 3.05) is 0 Å². The lowest BCUT2D eigenvalue weighted by atomic mass is 10.1. The van der Waals surface area contributed by atoms with Gasteiger partial charge in [-0.25, -0.2) is 0 Å². The standard InChI is InChI=1S/C15H10BrNO4/c16-12-4-1-10(2-5-12)14(18)7-3-11-9-13(17(20)21)6-8-15(11)19/h1-9,19H/b7-3+. The minimum absolute atomic E-state index is 0.125. The van der Waals surface area contributed by atoms with Gasteiger partial charge in [-0.3, -0.25) is 14.9 Å². The summed E-state index contributed by atoms with van der Waals surface area (Å²) in [6, 6.07) is 10.4. The Balaban J connectivity index is 2.24. The van der Waals surface area contributed by atoms with E-state index in [1.54, 1.807) is 24.3 Å². The van der Waals surface area contributed by atoms with E-state index in [-0.39, 0.29) is 22.8 Å². The molecule has 6 heteroatoms. The normalized spacial score (nSPS) is 10.7. The van der Waals surface area contributed by atoms with Crippen molar-refractivity contribution in [2.45, 2.75) is 0 Å². The fourth-order valence-electron chi connectivity index (χ4n) is 1.66. The van der Waals surface area contributed by atoms with Gasteiger partial charge in [0.05, 0.1) is 4.92 Å². The maximum atomic E-state index is 11.9. The molecule has 0 unspecified atom stereocenters. The predicted molar refractivity (Wildman–Crippen MR) is 82.3 cm³/mol. The number of non-ortho nitro benzene ring substituents is 1. The number of aromatic hydroxyl groups is 1. The van der Waals surface area contributed by atoms with Crippen LogP contribution < -0.4 is 0 Å². The van der Waals surface area contributed by atoms with Crippen molar-refractivity contribution in [2.24, 2.45) is 0 Å². The second-order valence-electron chi connectivity index (χ2n) is 4.20. The van der Waals surface area contributed by atoms with Crippen LogP contribution in [-0.4, -0.2) is 15.8 Å². The first-order valence-electron chi connectivity index (χ1n) is 5.93. The number of nitro benzene ring substituents is 1. The summed E-state index contributed by atoms with van der Waals surface area (Å²) in [5.41, 5.74) is 0.553. The summed E-state index contributed by atoms with van der Waals surface area (Å²) in [5, 5.41) is 20.3. The maximum absolute atomic E-state index is 11.9. The molecule has 21 heavy (non-hydrogen) atoms. The number of benzene rings is 2. The van der Waals surface area contributed by atoms with Gasteiger partial charge in [-0.05, 0) is 42.5 Å². The van der Waals surface area contributed by atoms with Crippen LogP contribution in [0.5, 0.6) is 5.75 Å². The predicted octanol–water partition coefficient (Wildman–Crippen LogP) is 3.96. The van der Waals surface area contributed by atoms with Crippen molar-refractivity contribution in [1.29, 1.82) is 0 Å². The average Bonchev–Trinajstić information content (AvgIpc) is 2.46. The van der Waals surface area contributed by atoms with Crippen molar-refractivity contribution in [3.63, 3.8) is 0 Å². The topological polar surface area (TPSA) is 80.4 Å². The molecule has 0 bridgehead atoms. The van der Waals surface area contributed by atoms with Crippen LogP contribution in [0.1, 0.15) is 15.9 Å². The molecule has 106 valence electrons. The van der Waals surface area contributed by atoms with Crippen LogP contribution in [0.15, 0.2) is 53.0 Å². The molecule has 2 rings (SSSR count). The van der Waals surface area contributed by atoms with E-state index in [1.165, 1.54) is 30.4 Å². The molecule has 5 nitrogen and oxygen atoms in total. The summed E-state index contributed by atoms with van der Waals surface area (Å²) in [4.78, 5) is 22.1. The molecule has 0 saturated carbocycles. The highest BCUT2D eigenvalue weighted by molar-refractivity contribution is 9.10. The number of hydrogen-bond donors (Lipinski definition) is 1. The van der Waals surface area contributed by atoms with E-state index in [0.29, 0.717) is 5.56 Å². The fourth-order valence-corrected chi connectivity index (χ4v) is 1.93. The molecule has 1 N–H and O–H groups in total. The molecule has 0 aliphatic heterocycles. The van der Waals surface area contributed by atoms with Gasteiger partial charge in [0, 0.05) is 27.7 Å². The Morgan fingerprint density at radius 2 is 1.86 bits per heavy atom. The number of halogens is 1. The minimum Gasteiger partial charge on any atom is -0.507 e. The lowest BCUT2D eigenvalue weighted by molar-refractivity contribution is -0.384. The van der Waals surface area contributed by atoms with Gasteiger partial charge in [0.25, 0.3) is 5.69 Å². The van der Waals surface area contributed by atoms with E-state index in [4.69, 9.17) is 0 Å². The SMILES string of the molecule is O=C(/C=C/c1cc([N+](=O)[O-])ccc1O)c1ccc(Br)cc1. The highest BCUT2D eigenvalue weighted by Gasteiger charge is 2.09. The number of phenolic OH excluding ortho intramolecular Hbond substituents is 1. The van der Waals surface area contributed by atoms with Crippen LogP contribution in [0.2, 0.25) is 0 Å². The Morgan fingerprint density at radius 3 is 2.48 bits per heavy atom. The summed E-state index contributed by atoms with van der Waals surface area (Å²) in [7, 11) is 0. The van der Waals surface area contributed by atoms with Gasteiger partial charge in [-0.2, -0.15) is 0 Å². The van der Waals surface area contributed by atoms with Crippen LogP contribution in [0, 0.1) is 10.1 Å². The highest BCUT2D eigenvalue weighted by atomic mass is 79.9. The van der Waals surface area contributed by atoms with Crippen molar-refractivity contribution in [1.82, 2.24) is 0 Å². The number of ketones is 1. The smallest absolute Gasteiger partial charge is 0.270 e. The largest absolute Gasteiger partial charge is 0.507 e. The Morgan fingerprint density at radius 1 is 1.19 bits per heavy atom. The Hall–Kier alpha value is -2.47. The van der Waals surface area contributed by atoms with Gasteiger partial charge >= 0.3 is 0 Å². The summed E-state index contributed by atoms with van der Waals surface area (Å²) in [5.74, 6) is -0.381. The molecule has 0 aliphatic rings. The van der Waals surface area contributed by atoms with E-state index < -0.39 is 4.92 Å². The number of nitrogens with zero attached hydrogens (tertiary/aromatic N) is 1. The van der Waals surface area contributed by atoms with Crippen molar-refractivity contribution < 1.29 is 14.8 Å². The molecule has 0 aliphatic carbocycles. The number of hydrogen-bond acceptors (Lipinski definition) is 4. The second-order valence-corrected chi connectivity index (χ2v) is 5.12. The summed E-state index contributed by atoms with van der Waals surface area (Å²) >= 11 is 3.28. The molecular formula is C15H10BrNO4. The lowest BCUT2D eigenvalue weighted by Gasteiger charge is -1.99. The van der Waals surface area contributed by atoms with Crippen LogP contribution in [0.3, 0.4) is 0 Å². The van der Waals surface area contributed by atoms with E-state index >= 15 is 0 Å². The summed E-state index contributed by atoms with van der Waals surface area (Å²) in [6.45, 7) is 0. The second kappa shape index (κ2) is 6.32. The molecule has 0 aromatic heterocycles. The van der Waals surface area contributed by atoms with Gasteiger partial charge in [0.15, 0.2) is 5.78 Å². The molecular weight excluding hydrogens is 338 g/mol. The average molecular weight is 348 g/mol. The molecule has 0 spiro atoms.